The molecule has 0 aliphatic heterocycles. The molecule has 0 spiro atoms. The van der Waals surface area contributed by atoms with E-state index in [9.17, 15) is 0 Å². The van der Waals surface area contributed by atoms with Crippen LogP contribution in [0, 0.1) is 5.92 Å². The Morgan fingerprint density at radius 1 is 1.10 bits per heavy atom. The molecule has 2 atom stereocenters. The summed E-state index contributed by atoms with van der Waals surface area (Å²) in [6, 6.07) is 12.3. The fourth-order valence-corrected chi connectivity index (χ4v) is 2.98. The molecular formula is C17H22N4. The molecule has 1 fully saturated rings. The van der Waals surface area contributed by atoms with Crippen molar-refractivity contribution in [3.05, 3.63) is 36.4 Å². The molecule has 0 amide bonds. The summed E-state index contributed by atoms with van der Waals surface area (Å²) in [6.07, 6.45) is 5.10. The third-order valence-corrected chi connectivity index (χ3v) is 4.22. The van der Waals surface area contributed by atoms with Gasteiger partial charge in [-0.3, -0.25) is 0 Å². The highest BCUT2D eigenvalue weighted by atomic mass is 15.1. The summed E-state index contributed by atoms with van der Waals surface area (Å²) in [5, 5.41) is 3.55. The Kier molecular flexibility index (Phi) is 4.04. The fraction of sp³-hybridized carbons (Fsp3) is 0.412. The maximum absolute atomic E-state index is 5.95. The van der Waals surface area contributed by atoms with E-state index in [-0.39, 0.29) is 0 Å². The molecule has 1 heterocycles. The van der Waals surface area contributed by atoms with Crippen LogP contribution in [0.4, 0.5) is 11.6 Å². The molecule has 1 saturated carbocycles. The first-order valence-electron chi connectivity index (χ1n) is 7.69. The first-order chi connectivity index (χ1) is 10.2. The molecular weight excluding hydrogens is 260 g/mol. The molecule has 0 saturated heterocycles. The van der Waals surface area contributed by atoms with Gasteiger partial charge in [-0.2, -0.15) is 0 Å². The normalized spacial score (nSPS) is 22.0. The van der Waals surface area contributed by atoms with Crippen molar-refractivity contribution in [1.29, 1.82) is 0 Å². The first-order valence-corrected chi connectivity index (χ1v) is 7.69. The zero-order chi connectivity index (χ0) is 14.7. The van der Waals surface area contributed by atoms with Crippen LogP contribution >= 0.6 is 0 Å². The fourth-order valence-electron chi connectivity index (χ4n) is 2.98. The van der Waals surface area contributed by atoms with E-state index in [2.05, 4.69) is 22.2 Å². The van der Waals surface area contributed by atoms with Crippen molar-refractivity contribution in [3.63, 3.8) is 0 Å². The first kappa shape index (κ1) is 13.9. The van der Waals surface area contributed by atoms with Crippen molar-refractivity contribution < 1.29 is 0 Å². The molecule has 4 nitrogen and oxygen atoms in total. The molecule has 0 bridgehead atoms. The Morgan fingerprint density at radius 3 is 2.62 bits per heavy atom. The maximum atomic E-state index is 5.95. The number of hydrogen-bond donors (Lipinski definition) is 2. The number of nitrogens with zero attached hydrogens (tertiary/aromatic N) is 2. The molecule has 3 rings (SSSR count). The Labute approximate surface area is 125 Å². The van der Waals surface area contributed by atoms with Gasteiger partial charge in [-0.25, -0.2) is 9.97 Å². The summed E-state index contributed by atoms with van der Waals surface area (Å²) >= 11 is 0. The van der Waals surface area contributed by atoms with Crippen LogP contribution in [0.25, 0.3) is 11.4 Å². The summed E-state index contributed by atoms with van der Waals surface area (Å²) in [6.45, 7) is 2.31. The van der Waals surface area contributed by atoms with Gasteiger partial charge < -0.3 is 11.1 Å². The third-order valence-electron chi connectivity index (χ3n) is 4.22. The molecule has 21 heavy (non-hydrogen) atoms. The van der Waals surface area contributed by atoms with Crippen molar-refractivity contribution in [1.82, 2.24) is 9.97 Å². The van der Waals surface area contributed by atoms with Crippen LogP contribution in [0.15, 0.2) is 36.4 Å². The predicted octanol–water partition coefficient (Wildman–Crippen LogP) is 3.72. The van der Waals surface area contributed by atoms with E-state index in [4.69, 9.17) is 5.73 Å². The second-order valence-corrected chi connectivity index (χ2v) is 5.88. The van der Waals surface area contributed by atoms with Crippen LogP contribution in [0.2, 0.25) is 0 Å². The topological polar surface area (TPSA) is 63.8 Å². The highest BCUT2D eigenvalue weighted by Gasteiger charge is 2.21. The van der Waals surface area contributed by atoms with Gasteiger partial charge in [-0.1, -0.05) is 50.1 Å². The molecule has 1 aromatic heterocycles. The quantitative estimate of drug-likeness (QED) is 0.900. The van der Waals surface area contributed by atoms with E-state index >= 15 is 0 Å². The van der Waals surface area contributed by atoms with Crippen LogP contribution in [-0.2, 0) is 0 Å². The Morgan fingerprint density at radius 2 is 1.86 bits per heavy atom. The SMILES string of the molecule is CC1CCCCC1Nc1cc(N)nc(-c2ccccc2)n1. The van der Waals surface area contributed by atoms with Crippen molar-refractivity contribution in [3.8, 4) is 11.4 Å². The van der Waals surface area contributed by atoms with Crippen LogP contribution in [0.3, 0.4) is 0 Å². The summed E-state index contributed by atoms with van der Waals surface area (Å²) < 4.78 is 0. The molecule has 1 aromatic carbocycles. The van der Waals surface area contributed by atoms with Crippen molar-refractivity contribution >= 4 is 11.6 Å². The number of rotatable bonds is 3. The molecule has 4 heteroatoms. The monoisotopic (exact) mass is 282 g/mol. The molecule has 1 aliphatic rings. The van der Waals surface area contributed by atoms with Gasteiger partial charge >= 0.3 is 0 Å². The van der Waals surface area contributed by atoms with Crippen molar-refractivity contribution in [2.24, 2.45) is 5.92 Å². The predicted molar refractivity (Wildman–Crippen MR) is 86.9 cm³/mol. The lowest BCUT2D eigenvalue weighted by molar-refractivity contribution is 0.349. The number of hydrogen-bond acceptors (Lipinski definition) is 4. The number of aromatic nitrogens is 2. The van der Waals surface area contributed by atoms with Crippen LogP contribution < -0.4 is 11.1 Å². The Hall–Kier alpha value is -2.10. The standard InChI is InChI=1S/C17H22N4/c1-12-7-5-6-10-14(12)19-16-11-15(18)20-17(21-16)13-8-3-2-4-9-13/h2-4,8-9,11-12,14H,5-7,10H2,1H3,(H3,18,19,20,21). The van der Waals surface area contributed by atoms with Gasteiger partial charge in [0.2, 0.25) is 0 Å². The Balaban J connectivity index is 1.84. The van der Waals surface area contributed by atoms with Gasteiger partial charge in [-0.15, -0.1) is 0 Å². The van der Waals surface area contributed by atoms with Crippen LogP contribution in [0.5, 0.6) is 0 Å². The smallest absolute Gasteiger partial charge is 0.163 e. The minimum atomic E-state index is 0.483. The van der Waals surface area contributed by atoms with Gasteiger partial charge in [0, 0.05) is 17.7 Å². The van der Waals surface area contributed by atoms with Gasteiger partial charge in [-0.05, 0) is 18.8 Å². The van der Waals surface area contributed by atoms with E-state index in [1.54, 1.807) is 0 Å². The lowest BCUT2D eigenvalue weighted by atomic mass is 9.86. The number of nitrogens with one attached hydrogen (secondary N) is 1. The lowest BCUT2D eigenvalue weighted by Crippen LogP contribution is -2.30. The molecule has 0 radical (unpaired) electrons. The van der Waals surface area contributed by atoms with Gasteiger partial charge in [0.1, 0.15) is 11.6 Å². The summed E-state index contributed by atoms with van der Waals surface area (Å²) in [5.74, 6) is 2.70. The average Bonchev–Trinajstić information content (AvgIpc) is 2.50. The van der Waals surface area contributed by atoms with E-state index in [0.717, 1.165) is 11.4 Å². The maximum Gasteiger partial charge on any atom is 0.163 e. The van der Waals surface area contributed by atoms with E-state index in [0.29, 0.717) is 23.6 Å². The molecule has 2 unspecified atom stereocenters. The van der Waals surface area contributed by atoms with Gasteiger partial charge in [0.25, 0.3) is 0 Å². The number of nitrogens with two attached hydrogens (primary N) is 1. The third kappa shape index (κ3) is 3.32. The average molecular weight is 282 g/mol. The second-order valence-electron chi connectivity index (χ2n) is 5.88. The van der Waals surface area contributed by atoms with Crippen molar-refractivity contribution in [2.75, 3.05) is 11.1 Å². The minimum absolute atomic E-state index is 0.483. The lowest BCUT2D eigenvalue weighted by Gasteiger charge is -2.30. The summed E-state index contributed by atoms with van der Waals surface area (Å²) in [5.41, 5.74) is 6.94. The minimum Gasteiger partial charge on any atom is -0.384 e. The number of benzene rings is 1. The zero-order valence-corrected chi connectivity index (χ0v) is 12.4. The Bertz CT molecular complexity index is 597. The molecule has 110 valence electrons. The summed E-state index contributed by atoms with van der Waals surface area (Å²) in [4.78, 5) is 8.97. The summed E-state index contributed by atoms with van der Waals surface area (Å²) in [7, 11) is 0. The van der Waals surface area contributed by atoms with Crippen LogP contribution in [0.1, 0.15) is 32.6 Å². The largest absolute Gasteiger partial charge is 0.384 e. The van der Waals surface area contributed by atoms with E-state index in [1.807, 2.05) is 36.4 Å². The van der Waals surface area contributed by atoms with Crippen molar-refractivity contribution in [2.45, 2.75) is 38.6 Å². The highest BCUT2D eigenvalue weighted by molar-refractivity contribution is 5.60. The number of nitrogen functional groups attached to an aromatic ring is 1. The van der Waals surface area contributed by atoms with Gasteiger partial charge in [0.15, 0.2) is 5.82 Å². The van der Waals surface area contributed by atoms with E-state index in [1.165, 1.54) is 25.7 Å². The second kappa shape index (κ2) is 6.12. The molecule has 2 aromatic rings. The molecule has 3 N–H and O–H groups in total. The van der Waals surface area contributed by atoms with E-state index < -0.39 is 0 Å². The van der Waals surface area contributed by atoms with Gasteiger partial charge in [0.05, 0.1) is 0 Å². The van der Waals surface area contributed by atoms with Crippen LogP contribution in [-0.4, -0.2) is 16.0 Å². The molecule has 1 aliphatic carbocycles. The zero-order valence-electron chi connectivity index (χ0n) is 12.4. The number of anilines is 2. The highest BCUT2D eigenvalue weighted by Crippen LogP contribution is 2.27.